The summed E-state index contributed by atoms with van der Waals surface area (Å²) in [6, 6.07) is 28.1. The molecule has 10 heteroatoms. The van der Waals surface area contributed by atoms with Gasteiger partial charge in [0, 0.05) is 30.4 Å². The van der Waals surface area contributed by atoms with E-state index in [0.29, 0.717) is 28.4 Å². The number of anilines is 1. The molecule has 0 radical (unpaired) electrons. The highest BCUT2D eigenvalue weighted by Gasteiger charge is 2.16. The standard InChI is InChI=1S/C29H27N3O5S2/c1-32(19-20-6-5-7-23(18-20)31-28(38)22-12-14-24(36-2)15-13-22)29(33)37-25-16-10-21(11-17-25)26-8-3-4-9-27(26)39(30,34)35/h3-18H,19H2,1-2H3,(H,31,38)(H2,30,34,35). The Morgan fingerprint density at radius 1 is 0.923 bits per heavy atom. The first-order valence-corrected chi connectivity index (χ1v) is 13.8. The summed E-state index contributed by atoms with van der Waals surface area (Å²) in [6.07, 6.45) is -0.542. The molecular weight excluding hydrogens is 534 g/mol. The van der Waals surface area contributed by atoms with E-state index < -0.39 is 16.1 Å². The van der Waals surface area contributed by atoms with Crippen molar-refractivity contribution in [2.24, 2.45) is 5.14 Å². The van der Waals surface area contributed by atoms with Crippen molar-refractivity contribution in [3.63, 3.8) is 0 Å². The maximum absolute atomic E-state index is 12.7. The van der Waals surface area contributed by atoms with E-state index in [4.69, 9.17) is 26.8 Å². The zero-order valence-corrected chi connectivity index (χ0v) is 23.0. The molecule has 0 aliphatic rings. The fraction of sp³-hybridized carbons (Fsp3) is 0.103. The van der Waals surface area contributed by atoms with E-state index in [1.165, 1.54) is 11.0 Å². The lowest BCUT2D eigenvalue weighted by molar-refractivity contribution is 0.161. The van der Waals surface area contributed by atoms with Crippen molar-refractivity contribution in [1.82, 2.24) is 4.90 Å². The van der Waals surface area contributed by atoms with Crippen LogP contribution < -0.4 is 19.9 Å². The molecule has 0 heterocycles. The number of methoxy groups -OCH3 is 1. The van der Waals surface area contributed by atoms with Crippen LogP contribution in [-0.4, -0.2) is 38.6 Å². The van der Waals surface area contributed by atoms with Crippen LogP contribution >= 0.6 is 12.2 Å². The summed E-state index contributed by atoms with van der Waals surface area (Å²) in [5.74, 6) is 1.07. The zero-order chi connectivity index (χ0) is 28.0. The Morgan fingerprint density at radius 3 is 2.26 bits per heavy atom. The summed E-state index contributed by atoms with van der Waals surface area (Å²) in [6.45, 7) is 0.309. The smallest absolute Gasteiger partial charge is 0.415 e. The molecule has 0 aliphatic carbocycles. The van der Waals surface area contributed by atoms with Gasteiger partial charge in [-0.1, -0.05) is 54.7 Å². The topological polar surface area (TPSA) is 111 Å². The molecule has 0 saturated heterocycles. The molecule has 0 aromatic heterocycles. The monoisotopic (exact) mass is 561 g/mol. The molecule has 39 heavy (non-hydrogen) atoms. The number of primary sulfonamides is 1. The fourth-order valence-corrected chi connectivity index (χ4v) is 4.88. The highest BCUT2D eigenvalue weighted by molar-refractivity contribution is 7.89. The molecule has 3 N–H and O–H groups in total. The summed E-state index contributed by atoms with van der Waals surface area (Å²) in [4.78, 5) is 14.8. The van der Waals surface area contributed by atoms with Crippen LogP contribution in [-0.2, 0) is 16.6 Å². The van der Waals surface area contributed by atoms with Gasteiger partial charge in [-0.2, -0.15) is 0 Å². The summed E-state index contributed by atoms with van der Waals surface area (Å²) < 4.78 is 34.5. The van der Waals surface area contributed by atoms with Gasteiger partial charge in [0.15, 0.2) is 0 Å². The van der Waals surface area contributed by atoms with Gasteiger partial charge in [0.1, 0.15) is 16.5 Å². The third kappa shape index (κ3) is 7.20. The second-order valence-electron chi connectivity index (χ2n) is 8.67. The fourth-order valence-electron chi connectivity index (χ4n) is 3.87. The van der Waals surface area contributed by atoms with Gasteiger partial charge in [-0.15, -0.1) is 0 Å². The SMILES string of the molecule is COc1ccc(C(=S)Nc2cccc(CN(C)C(=O)Oc3ccc(-c4ccccc4S(N)(=O)=O)cc3)c2)cc1. The Morgan fingerprint density at radius 2 is 1.59 bits per heavy atom. The molecule has 200 valence electrons. The molecule has 0 unspecified atom stereocenters. The van der Waals surface area contributed by atoms with Crippen LogP contribution in [0.5, 0.6) is 11.5 Å². The largest absolute Gasteiger partial charge is 0.497 e. The quantitative estimate of drug-likeness (QED) is 0.276. The summed E-state index contributed by atoms with van der Waals surface area (Å²) in [5.41, 5.74) is 3.63. The molecule has 0 fully saturated rings. The number of carbonyl (C=O) groups excluding carboxylic acids is 1. The molecule has 0 spiro atoms. The van der Waals surface area contributed by atoms with Crippen LogP contribution in [0.15, 0.2) is 102 Å². The predicted molar refractivity (Wildman–Crippen MR) is 156 cm³/mol. The van der Waals surface area contributed by atoms with E-state index in [0.717, 1.165) is 22.6 Å². The first kappa shape index (κ1) is 27.8. The normalized spacial score (nSPS) is 10.9. The molecule has 0 bridgehead atoms. The number of nitrogens with one attached hydrogen (secondary N) is 1. The van der Waals surface area contributed by atoms with Crippen molar-refractivity contribution in [1.29, 1.82) is 0 Å². The number of sulfonamides is 1. The molecule has 4 aromatic rings. The Kier molecular flexibility index (Phi) is 8.60. The number of nitrogens with two attached hydrogens (primary N) is 1. The lowest BCUT2D eigenvalue weighted by Crippen LogP contribution is -2.29. The Labute approximate surface area is 233 Å². The van der Waals surface area contributed by atoms with Crippen LogP contribution in [0, 0.1) is 0 Å². The molecule has 0 saturated carbocycles. The minimum atomic E-state index is -3.89. The van der Waals surface area contributed by atoms with Gasteiger partial charge in [-0.05, 0) is 65.7 Å². The lowest BCUT2D eigenvalue weighted by atomic mass is 10.1. The maximum Gasteiger partial charge on any atom is 0.415 e. The highest BCUT2D eigenvalue weighted by Crippen LogP contribution is 2.28. The Balaban J connectivity index is 1.38. The van der Waals surface area contributed by atoms with Crippen LogP contribution in [0.1, 0.15) is 11.1 Å². The minimum absolute atomic E-state index is 0.0240. The second kappa shape index (κ2) is 12.1. The Bertz CT molecular complexity index is 1590. The third-order valence-electron chi connectivity index (χ3n) is 5.83. The molecule has 4 aromatic carbocycles. The second-order valence-corrected chi connectivity index (χ2v) is 10.6. The number of nitrogens with zero attached hydrogens (tertiary/aromatic N) is 1. The van der Waals surface area contributed by atoms with Crippen LogP contribution in [0.2, 0.25) is 0 Å². The number of carbonyl (C=O) groups is 1. The van der Waals surface area contributed by atoms with Crippen molar-refractivity contribution >= 4 is 39.0 Å². The van der Waals surface area contributed by atoms with Gasteiger partial charge >= 0.3 is 6.09 Å². The molecule has 0 aliphatic heterocycles. The lowest BCUT2D eigenvalue weighted by Gasteiger charge is -2.18. The maximum atomic E-state index is 12.7. The number of thiocarbonyl (C=S) groups is 1. The average Bonchev–Trinajstić information content (AvgIpc) is 2.93. The van der Waals surface area contributed by atoms with Gasteiger partial charge in [-0.25, -0.2) is 18.4 Å². The summed E-state index contributed by atoms with van der Waals surface area (Å²) >= 11 is 5.52. The van der Waals surface area contributed by atoms with Crippen LogP contribution in [0.25, 0.3) is 11.1 Å². The molecule has 4 rings (SSSR count). The number of hydrogen-bond acceptors (Lipinski definition) is 6. The number of amides is 1. The minimum Gasteiger partial charge on any atom is -0.497 e. The summed E-state index contributed by atoms with van der Waals surface area (Å²) in [7, 11) is -0.636. The van der Waals surface area contributed by atoms with Gasteiger partial charge < -0.3 is 19.7 Å². The van der Waals surface area contributed by atoms with Crippen molar-refractivity contribution in [2.75, 3.05) is 19.5 Å². The number of ether oxygens (including phenoxy) is 2. The third-order valence-corrected chi connectivity index (χ3v) is 7.14. The molecule has 0 atom stereocenters. The van der Waals surface area contributed by atoms with Gasteiger partial charge in [0.2, 0.25) is 10.0 Å². The average molecular weight is 562 g/mol. The number of rotatable bonds is 8. The van der Waals surface area contributed by atoms with Crippen LogP contribution in [0.4, 0.5) is 10.5 Å². The number of hydrogen-bond donors (Lipinski definition) is 2. The first-order chi connectivity index (χ1) is 18.6. The zero-order valence-electron chi connectivity index (χ0n) is 21.3. The van der Waals surface area contributed by atoms with Gasteiger partial charge in [0.05, 0.1) is 12.0 Å². The highest BCUT2D eigenvalue weighted by atomic mass is 32.2. The predicted octanol–water partition coefficient (Wildman–Crippen LogP) is 5.43. The number of benzene rings is 4. The van der Waals surface area contributed by atoms with E-state index in [2.05, 4.69) is 5.32 Å². The van der Waals surface area contributed by atoms with Crippen molar-refractivity contribution in [3.05, 3.63) is 108 Å². The van der Waals surface area contributed by atoms with E-state index in [1.807, 2.05) is 48.5 Å². The van der Waals surface area contributed by atoms with E-state index in [1.54, 1.807) is 56.6 Å². The Hall–Kier alpha value is -4.25. The van der Waals surface area contributed by atoms with E-state index in [-0.39, 0.29) is 4.90 Å². The molecular formula is C29H27N3O5S2. The van der Waals surface area contributed by atoms with Crippen LogP contribution in [0.3, 0.4) is 0 Å². The first-order valence-electron chi connectivity index (χ1n) is 11.8. The van der Waals surface area contributed by atoms with Crippen molar-refractivity contribution in [2.45, 2.75) is 11.4 Å². The van der Waals surface area contributed by atoms with E-state index in [9.17, 15) is 13.2 Å². The summed E-state index contributed by atoms with van der Waals surface area (Å²) in [5, 5.41) is 8.56. The van der Waals surface area contributed by atoms with Crippen molar-refractivity contribution in [3.8, 4) is 22.6 Å². The van der Waals surface area contributed by atoms with Gasteiger partial charge in [0.25, 0.3) is 0 Å². The van der Waals surface area contributed by atoms with Gasteiger partial charge in [-0.3, -0.25) is 0 Å². The molecule has 1 amide bonds. The van der Waals surface area contributed by atoms with E-state index >= 15 is 0 Å². The molecule has 8 nitrogen and oxygen atoms in total. The van der Waals surface area contributed by atoms with Crippen molar-refractivity contribution < 1.29 is 22.7 Å².